The molecule has 0 unspecified atom stereocenters. The van der Waals surface area contributed by atoms with Gasteiger partial charge >= 0.3 is 0 Å². The first-order valence-electron chi connectivity index (χ1n) is 12.4. The Morgan fingerprint density at radius 2 is 1.66 bits per heavy atom. The molecular weight excluding hydrogens is 440 g/mol. The smallest absolute Gasteiger partial charge is 0.245 e. The zero-order valence-electron chi connectivity index (χ0n) is 20.0. The van der Waals surface area contributed by atoms with E-state index < -0.39 is 0 Å². The molecule has 0 atom stereocenters. The zero-order valence-corrected chi connectivity index (χ0v) is 20.0. The molecule has 0 radical (unpaired) electrons. The fourth-order valence-corrected chi connectivity index (χ4v) is 4.58. The molecule has 0 saturated carbocycles. The highest BCUT2D eigenvalue weighted by Gasteiger charge is 2.23. The van der Waals surface area contributed by atoms with Gasteiger partial charge in [0.05, 0.1) is 31.1 Å². The third-order valence-corrected chi connectivity index (χ3v) is 6.38. The fraction of sp³-hybridized carbons (Fsp3) is 0.370. The van der Waals surface area contributed by atoms with Crippen LogP contribution in [0.3, 0.4) is 0 Å². The number of amides is 1. The van der Waals surface area contributed by atoms with E-state index in [0.29, 0.717) is 25.7 Å². The van der Waals surface area contributed by atoms with Crippen molar-refractivity contribution in [2.24, 2.45) is 0 Å². The molecule has 0 bridgehead atoms. The van der Waals surface area contributed by atoms with E-state index in [-0.39, 0.29) is 5.91 Å². The van der Waals surface area contributed by atoms with Gasteiger partial charge in [-0.05, 0) is 56.3 Å². The average Bonchev–Trinajstić information content (AvgIpc) is 2.91. The second kappa shape index (κ2) is 11.4. The second-order valence-corrected chi connectivity index (χ2v) is 8.92. The van der Waals surface area contributed by atoms with Gasteiger partial charge in [-0.25, -0.2) is 20.0 Å². The van der Waals surface area contributed by atoms with Gasteiger partial charge in [0.25, 0.3) is 0 Å². The Hall–Kier alpha value is -3.33. The van der Waals surface area contributed by atoms with Crippen LogP contribution in [-0.4, -0.2) is 71.7 Å². The summed E-state index contributed by atoms with van der Waals surface area (Å²) in [5, 5.41) is 7.31. The molecule has 3 aromatic rings. The summed E-state index contributed by atoms with van der Waals surface area (Å²) in [6.07, 6.45) is 5.41. The lowest BCUT2D eigenvalue weighted by molar-refractivity contribution is -0.117. The molecule has 0 aliphatic carbocycles. The Kier molecular flexibility index (Phi) is 7.62. The van der Waals surface area contributed by atoms with Crippen LogP contribution in [0, 0.1) is 0 Å². The van der Waals surface area contributed by atoms with Crippen molar-refractivity contribution in [2.75, 3.05) is 56.3 Å². The highest BCUT2D eigenvalue weighted by Crippen LogP contribution is 2.27. The van der Waals surface area contributed by atoms with E-state index in [1.807, 2.05) is 48.5 Å². The number of rotatable bonds is 7. The molecule has 2 aliphatic heterocycles. The minimum Gasteiger partial charge on any atom is -0.379 e. The number of hydrogen-bond acceptors (Lipinski definition) is 7. The maximum atomic E-state index is 12.4. The quantitative estimate of drug-likeness (QED) is 0.558. The number of anilines is 3. The lowest BCUT2D eigenvalue weighted by Gasteiger charge is -2.37. The van der Waals surface area contributed by atoms with Crippen molar-refractivity contribution >= 4 is 23.2 Å². The summed E-state index contributed by atoms with van der Waals surface area (Å²) in [5.41, 5.74) is 3.61. The largest absolute Gasteiger partial charge is 0.379 e. The number of aromatic nitrogens is 2. The molecule has 2 saturated heterocycles. The van der Waals surface area contributed by atoms with Gasteiger partial charge in [0.15, 0.2) is 0 Å². The SMILES string of the molecule is O=C(CN1CCCCC1)Nc1ccc(-c2ccnc(N(c3ccccc3)N3CCOCC3)n2)cc1. The molecule has 0 spiro atoms. The van der Waals surface area contributed by atoms with E-state index in [1.54, 1.807) is 6.20 Å². The Labute approximate surface area is 206 Å². The summed E-state index contributed by atoms with van der Waals surface area (Å²) in [6.45, 7) is 5.36. The number of likely N-dealkylation sites (tertiary alicyclic amines) is 1. The number of ether oxygens (including phenoxy) is 1. The standard InChI is InChI=1S/C27H32N6O2/c34-26(21-31-15-5-2-6-16-31)29-23-11-9-22(10-12-23)25-13-14-28-27(30-25)33(24-7-3-1-4-8-24)32-17-19-35-20-18-32/h1,3-4,7-14H,2,5-6,15-21H2,(H,29,34). The Bertz CT molecular complexity index is 1100. The van der Waals surface area contributed by atoms with Gasteiger partial charge in [0.1, 0.15) is 0 Å². The molecule has 3 heterocycles. The van der Waals surface area contributed by atoms with Gasteiger partial charge in [0, 0.05) is 30.5 Å². The number of nitrogens with one attached hydrogen (secondary N) is 1. The molecule has 2 aliphatic rings. The molecule has 5 rings (SSSR count). The van der Waals surface area contributed by atoms with Crippen LogP contribution in [0.5, 0.6) is 0 Å². The average molecular weight is 473 g/mol. The van der Waals surface area contributed by atoms with Gasteiger partial charge in [-0.15, -0.1) is 0 Å². The number of nitrogens with zero attached hydrogens (tertiary/aromatic N) is 5. The number of piperidine rings is 1. The van der Waals surface area contributed by atoms with E-state index >= 15 is 0 Å². The Morgan fingerprint density at radius 1 is 0.914 bits per heavy atom. The molecule has 1 amide bonds. The van der Waals surface area contributed by atoms with Gasteiger partial charge in [0.2, 0.25) is 11.9 Å². The molecule has 35 heavy (non-hydrogen) atoms. The minimum atomic E-state index is 0.0352. The minimum absolute atomic E-state index is 0.0352. The molecular formula is C27H32N6O2. The summed E-state index contributed by atoms with van der Waals surface area (Å²) in [5.74, 6) is 0.655. The van der Waals surface area contributed by atoms with Crippen molar-refractivity contribution in [1.29, 1.82) is 0 Å². The lowest BCUT2D eigenvalue weighted by Crippen LogP contribution is -2.47. The molecule has 2 fully saturated rings. The number of para-hydroxylation sites is 1. The van der Waals surface area contributed by atoms with E-state index in [0.717, 1.165) is 48.8 Å². The van der Waals surface area contributed by atoms with Crippen molar-refractivity contribution < 1.29 is 9.53 Å². The van der Waals surface area contributed by atoms with Crippen LogP contribution in [0.2, 0.25) is 0 Å². The first-order chi connectivity index (χ1) is 17.3. The summed E-state index contributed by atoms with van der Waals surface area (Å²) in [7, 11) is 0. The Morgan fingerprint density at radius 3 is 2.40 bits per heavy atom. The number of morpholine rings is 1. The van der Waals surface area contributed by atoms with Gasteiger partial charge in [-0.2, -0.15) is 0 Å². The summed E-state index contributed by atoms with van der Waals surface area (Å²) in [4.78, 5) is 24.2. The van der Waals surface area contributed by atoms with Crippen LogP contribution in [0.4, 0.5) is 17.3 Å². The van der Waals surface area contributed by atoms with Gasteiger partial charge in [-0.3, -0.25) is 9.69 Å². The van der Waals surface area contributed by atoms with E-state index in [2.05, 4.69) is 37.4 Å². The highest BCUT2D eigenvalue weighted by molar-refractivity contribution is 5.92. The van der Waals surface area contributed by atoms with Crippen molar-refractivity contribution in [3.8, 4) is 11.3 Å². The number of hydrazine groups is 1. The van der Waals surface area contributed by atoms with Crippen molar-refractivity contribution in [1.82, 2.24) is 19.9 Å². The monoisotopic (exact) mass is 472 g/mol. The van der Waals surface area contributed by atoms with E-state index in [9.17, 15) is 4.79 Å². The maximum Gasteiger partial charge on any atom is 0.245 e. The van der Waals surface area contributed by atoms with Crippen LogP contribution in [-0.2, 0) is 9.53 Å². The summed E-state index contributed by atoms with van der Waals surface area (Å²) in [6, 6.07) is 19.9. The molecule has 1 aromatic heterocycles. The van der Waals surface area contributed by atoms with Crippen LogP contribution < -0.4 is 10.3 Å². The van der Waals surface area contributed by atoms with Crippen molar-refractivity contribution in [3.05, 3.63) is 66.9 Å². The molecule has 1 N–H and O–H groups in total. The third kappa shape index (κ3) is 6.03. The predicted molar refractivity (Wildman–Crippen MR) is 137 cm³/mol. The summed E-state index contributed by atoms with van der Waals surface area (Å²) < 4.78 is 5.55. The predicted octanol–water partition coefficient (Wildman–Crippen LogP) is 3.95. The molecule has 8 heteroatoms. The lowest BCUT2D eigenvalue weighted by atomic mass is 10.1. The zero-order chi connectivity index (χ0) is 23.9. The van der Waals surface area contributed by atoms with Crippen LogP contribution in [0.1, 0.15) is 19.3 Å². The normalized spacial score (nSPS) is 17.1. The van der Waals surface area contributed by atoms with Gasteiger partial charge < -0.3 is 10.1 Å². The van der Waals surface area contributed by atoms with Gasteiger partial charge in [-0.1, -0.05) is 36.8 Å². The molecule has 8 nitrogen and oxygen atoms in total. The number of hydrogen-bond donors (Lipinski definition) is 1. The first kappa shape index (κ1) is 23.4. The van der Waals surface area contributed by atoms with Crippen molar-refractivity contribution in [3.63, 3.8) is 0 Å². The maximum absolute atomic E-state index is 12.4. The highest BCUT2D eigenvalue weighted by atomic mass is 16.5. The molecule has 2 aromatic carbocycles. The number of carbonyl (C=O) groups excluding carboxylic acids is 1. The number of carbonyl (C=O) groups is 1. The van der Waals surface area contributed by atoms with Crippen molar-refractivity contribution in [2.45, 2.75) is 19.3 Å². The topological polar surface area (TPSA) is 73.8 Å². The van der Waals surface area contributed by atoms with Crippen LogP contribution in [0.15, 0.2) is 66.9 Å². The second-order valence-electron chi connectivity index (χ2n) is 8.92. The van der Waals surface area contributed by atoms with Crippen LogP contribution >= 0.6 is 0 Å². The molecule has 182 valence electrons. The van der Waals surface area contributed by atoms with E-state index in [4.69, 9.17) is 9.72 Å². The Balaban J connectivity index is 1.31. The van der Waals surface area contributed by atoms with Crippen LogP contribution in [0.25, 0.3) is 11.3 Å². The first-order valence-corrected chi connectivity index (χ1v) is 12.4. The number of benzene rings is 2. The third-order valence-electron chi connectivity index (χ3n) is 6.38. The fourth-order valence-electron chi connectivity index (χ4n) is 4.58. The summed E-state index contributed by atoms with van der Waals surface area (Å²) >= 11 is 0. The van der Waals surface area contributed by atoms with E-state index in [1.165, 1.54) is 19.3 Å².